The quantitative estimate of drug-likeness (QED) is 0.809. The molecule has 0 unspecified atom stereocenters. The molecule has 2 saturated heterocycles. The van der Waals surface area contributed by atoms with Crippen LogP contribution in [-0.4, -0.2) is 53.2 Å². The summed E-state index contributed by atoms with van der Waals surface area (Å²) < 4.78 is 5.45. The van der Waals surface area contributed by atoms with Crippen LogP contribution in [0.3, 0.4) is 0 Å². The molecule has 0 aliphatic carbocycles. The fourth-order valence-corrected chi connectivity index (χ4v) is 3.31. The number of ether oxygens (including phenoxy) is 1. The van der Waals surface area contributed by atoms with Crippen LogP contribution >= 0.6 is 0 Å². The molecule has 2 amide bonds. The molecular weight excluding hydrogens is 272 g/mol. The van der Waals surface area contributed by atoms with Gasteiger partial charge in [0.2, 0.25) is 5.91 Å². The van der Waals surface area contributed by atoms with Crippen molar-refractivity contribution in [1.29, 1.82) is 0 Å². The number of nitrogens with two attached hydrogens (primary N) is 1. The van der Waals surface area contributed by atoms with Gasteiger partial charge in [0.1, 0.15) is 0 Å². The van der Waals surface area contributed by atoms with Crippen molar-refractivity contribution in [3.8, 4) is 0 Å². The van der Waals surface area contributed by atoms with Crippen LogP contribution in [0.4, 0.5) is 0 Å². The van der Waals surface area contributed by atoms with Crippen LogP contribution < -0.4 is 5.73 Å². The van der Waals surface area contributed by atoms with E-state index in [0.717, 1.165) is 0 Å². The van der Waals surface area contributed by atoms with Crippen molar-refractivity contribution in [3.05, 3.63) is 23.5 Å². The van der Waals surface area contributed by atoms with Crippen LogP contribution in [0.5, 0.6) is 0 Å². The summed E-state index contributed by atoms with van der Waals surface area (Å²) in [5.74, 6) is -0.490. The van der Waals surface area contributed by atoms with Gasteiger partial charge in [-0.15, -0.1) is 0 Å². The van der Waals surface area contributed by atoms with Crippen molar-refractivity contribution in [2.75, 3.05) is 26.3 Å². The largest absolute Gasteiger partial charge is 0.381 e. The molecule has 1 aromatic heterocycles. The molecule has 7 heteroatoms. The monoisotopic (exact) mass is 290 g/mol. The summed E-state index contributed by atoms with van der Waals surface area (Å²) in [7, 11) is 0. The third kappa shape index (κ3) is 2.17. The first kappa shape index (κ1) is 13.9. The van der Waals surface area contributed by atoms with Gasteiger partial charge in [0, 0.05) is 25.6 Å². The summed E-state index contributed by atoms with van der Waals surface area (Å²) in [5, 5.41) is 7.65. The van der Waals surface area contributed by atoms with E-state index in [0.29, 0.717) is 44.0 Å². The van der Waals surface area contributed by atoms with E-state index in [1.54, 1.807) is 17.9 Å². The number of rotatable bonds is 2. The van der Waals surface area contributed by atoms with Gasteiger partial charge in [0.25, 0.3) is 5.91 Å². The van der Waals surface area contributed by atoms with Gasteiger partial charge in [-0.2, -0.15) is 10.2 Å². The average Bonchev–Trinajstić information content (AvgIpc) is 2.88. The first-order valence-corrected chi connectivity index (χ1v) is 7.00. The maximum absolute atomic E-state index is 12.6. The lowest BCUT2D eigenvalue weighted by Crippen LogP contribution is -2.48. The minimum Gasteiger partial charge on any atom is -0.381 e. The van der Waals surface area contributed by atoms with Gasteiger partial charge in [0.05, 0.1) is 29.5 Å². The third-order valence-electron chi connectivity index (χ3n) is 4.62. The van der Waals surface area contributed by atoms with Crippen molar-refractivity contribution < 1.29 is 14.3 Å². The number of hydrogen-bond donors (Lipinski definition) is 1. The minimum absolute atomic E-state index is 0.0252. The maximum atomic E-state index is 12.6. The molecule has 1 aromatic rings. The smallest absolute Gasteiger partial charge is 0.255 e. The van der Waals surface area contributed by atoms with Crippen LogP contribution in [0.15, 0.2) is 12.3 Å². The van der Waals surface area contributed by atoms with Crippen molar-refractivity contribution in [1.82, 2.24) is 15.1 Å². The lowest BCUT2D eigenvalue weighted by molar-refractivity contribution is -0.135. The Bertz CT molecular complexity index is 591. The van der Waals surface area contributed by atoms with E-state index in [-0.39, 0.29) is 17.7 Å². The number of amides is 2. The van der Waals surface area contributed by atoms with Crippen LogP contribution in [0.1, 0.15) is 22.5 Å². The van der Waals surface area contributed by atoms with Crippen LogP contribution in [-0.2, 0) is 9.53 Å². The van der Waals surface area contributed by atoms with Gasteiger partial charge in [0.15, 0.2) is 0 Å². The molecule has 0 aromatic carbocycles. The molecule has 3 heterocycles. The Labute approximate surface area is 122 Å². The summed E-state index contributed by atoms with van der Waals surface area (Å²) >= 11 is 0. The van der Waals surface area contributed by atoms with Gasteiger partial charge in [-0.1, -0.05) is 0 Å². The van der Waals surface area contributed by atoms with E-state index in [1.165, 1.54) is 6.20 Å². The number of aryl methyl sites for hydroxylation is 1. The summed E-state index contributed by atoms with van der Waals surface area (Å²) in [6.07, 6.45) is 2.07. The highest BCUT2D eigenvalue weighted by atomic mass is 16.5. The van der Waals surface area contributed by atoms with E-state index in [1.807, 2.05) is 0 Å². The van der Waals surface area contributed by atoms with Crippen LogP contribution in [0.25, 0.3) is 0 Å². The number of aromatic nitrogens is 2. The van der Waals surface area contributed by atoms with E-state index in [2.05, 4.69) is 10.2 Å². The van der Waals surface area contributed by atoms with Crippen molar-refractivity contribution in [3.63, 3.8) is 0 Å². The van der Waals surface area contributed by atoms with Crippen molar-refractivity contribution >= 4 is 11.8 Å². The van der Waals surface area contributed by atoms with E-state index in [9.17, 15) is 9.59 Å². The zero-order chi connectivity index (χ0) is 15.0. The summed E-state index contributed by atoms with van der Waals surface area (Å²) in [4.78, 5) is 26.3. The van der Waals surface area contributed by atoms with E-state index >= 15 is 0 Å². The Morgan fingerprint density at radius 3 is 3.00 bits per heavy atom. The number of hydrogen-bond acceptors (Lipinski definition) is 5. The number of carbonyl (C=O) groups excluding carboxylic acids is 2. The zero-order valence-corrected chi connectivity index (χ0v) is 11.9. The number of fused-ring (bicyclic) bond motifs is 1. The molecule has 0 bridgehead atoms. The van der Waals surface area contributed by atoms with Gasteiger partial charge >= 0.3 is 0 Å². The number of likely N-dealkylation sites (tertiary alicyclic amines) is 1. The predicted octanol–water partition coefficient (Wildman–Crippen LogP) is -0.251. The van der Waals surface area contributed by atoms with Gasteiger partial charge < -0.3 is 15.4 Å². The molecular formula is C14H18N4O3. The third-order valence-corrected chi connectivity index (χ3v) is 4.62. The predicted molar refractivity (Wildman–Crippen MR) is 73.2 cm³/mol. The second-order valence-electron chi connectivity index (χ2n) is 5.76. The molecule has 2 fully saturated rings. The highest BCUT2D eigenvalue weighted by Crippen LogP contribution is 2.42. The second kappa shape index (κ2) is 5.07. The molecule has 21 heavy (non-hydrogen) atoms. The first-order valence-electron chi connectivity index (χ1n) is 7.00. The van der Waals surface area contributed by atoms with E-state index in [4.69, 9.17) is 10.5 Å². The molecule has 2 N–H and O–H groups in total. The molecule has 2 aliphatic heterocycles. The Morgan fingerprint density at radius 2 is 2.33 bits per heavy atom. The second-order valence-corrected chi connectivity index (χ2v) is 5.76. The highest BCUT2D eigenvalue weighted by molar-refractivity contribution is 5.96. The van der Waals surface area contributed by atoms with Crippen molar-refractivity contribution in [2.45, 2.75) is 13.3 Å². The summed E-state index contributed by atoms with van der Waals surface area (Å²) in [6.45, 7) is 3.58. The van der Waals surface area contributed by atoms with Crippen LogP contribution in [0.2, 0.25) is 0 Å². The topological polar surface area (TPSA) is 98.4 Å². The molecule has 0 spiro atoms. The fourth-order valence-electron chi connectivity index (χ4n) is 3.31. The normalized spacial score (nSPS) is 28.2. The SMILES string of the molecule is Cc1nnccc1C(=O)N1C[C@@H]2COCC[C@]2(C(N)=O)C1. The lowest BCUT2D eigenvalue weighted by Gasteiger charge is -2.34. The highest BCUT2D eigenvalue weighted by Gasteiger charge is 2.53. The standard InChI is InChI=1S/C14H18N4O3/c1-9-11(2-4-16-17-9)12(19)18-6-10-7-21-5-3-14(10,8-18)13(15)20/h2,4,10H,3,5-8H2,1H3,(H2,15,20)/t10-,14+/m1/s1. The molecule has 3 rings (SSSR count). The number of carbonyl (C=O) groups is 2. The zero-order valence-electron chi connectivity index (χ0n) is 11.9. The molecule has 112 valence electrons. The van der Waals surface area contributed by atoms with Gasteiger partial charge in [-0.3, -0.25) is 9.59 Å². The molecule has 0 saturated carbocycles. The minimum atomic E-state index is -0.651. The Balaban J connectivity index is 1.87. The average molecular weight is 290 g/mol. The number of nitrogens with zero attached hydrogens (tertiary/aromatic N) is 3. The van der Waals surface area contributed by atoms with Crippen molar-refractivity contribution in [2.24, 2.45) is 17.1 Å². The summed E-state index contributed by atoms with van der Waals surface area (Å²) in [5.41, 5.74) is 6.07. The Kier molecular flexibility index (Phi) is 3.36. The number of primary amides is 1. The molecule has 0 radical (unpaired) electrons. The Hall–Kier alpha value is -2.02. The first-order chi connectivity index (χ1) is 10.0. The van der Waals surface area contributed by atoms with Crippen LogP contribution in [0, 0.1) is 18.3 Å². The molecule has 7 nitrogen and oxygen atoms in total. The fraction of sp³-hybridized carbons (Fsp3) is 0.571. The van der Waals surface area contributed by atoms with Gasteiger partial charge in [-0.05, 0) is 19.4 Å². The molecule has 2 aliphatic rings. The summed E-state index contributed by atoms with van der Waals surface area (Å²) in [6, 6.07) is 1.65. The Morgan fingerprint density at radius 1 is 1.52 bits per heavy atom. The molecule has 2 atom stereocenters. The lowest BCUT2D eigenvalue weighted by atomic mass is 9.74. The van der Waals surface area contributed by atoms with Gasteiger partial charge in [-0.25, -0.2) is 0 Å². The van der Waals surface area contributed by atoms with E-state index < -0.39 is 5.41 Å². The maximum Gasteiger partial charge on any atom is 0.255 e.